The zero-order valence-electron chi connectivity index (χ0n) is 12.9. The van der Waals surface area contributed by atoms with Crippen molar-refractivity contribution in [3.8, 4) is 0 Å². The average molecular weight is 320 g/mol. The van der Waals surface area contributed by atoms with Crippen LogP contribution in [0.1, 0.15) is 13.8 Å². The number of para-hydroxylation sites is 2. The molecule has 0 aliphatic heterocycles. The van der Waals surface area contributed by atoms with E-state index in [9.17, 15) is 9.59 Å². The second kappa shape index (κ2) is 7.31. The number of nitrogens with zero attached hydrogens (tertiary/aromatic N) is 2. The molecule has 0 aliphatic carbocycles. The summed E-state index contributed by atoms with van der Waals surface area (Å²) in [7, 11) is 1.63. The summed E-state index contributed by atoms with van der Waals surface area (Å²) in [6, 6.07) is 7.78. The smallest absolute Gasteiger partial charge is 0.239 e. The van der Waals surface area contributed by atoms with E-state index in [2.05, 4.69) is 15.3 Å². The van der Waals surface area contributed by atoms with Gasteiger partial charge in [-0.3, -0.25) is 9.59 Å². The summed E-state index contributed by atoms with van der Waals surface area (Å²) in [5.74, 6) is -0.0189. The molecule has 0 atom stereocenters. The molecule has 0 aliphatic rings. The minimum atomic E-state index is -0.153. The number of aromatic amines is 1. The topological polar surface area (TPSA) is 78.1 Å². The van der Waals surface area contributed by atoms with Gasteiger partial charge in [-0.1, -0.05) is 23.9 Å². The van der Waals surface area contributed by atoms with Crippen molar-refractivity contribution in [3.05, 3.63) is 24.3 Å². The van der Waals surface area contributed by atoms with Crippen LogP contribution < -0.4 is 5.32 Å². The molecule has 0 saturated heterocycles. The molecular weight excluding hydrogens is 300 g/mol. The van der Waals surface area contributed by atoms with E-state index in [1.807, 2.05) is 38.1 Å². The summed E-state index contributed by atoms with van der Waals surface area (Å²) in [6.07, 6.45) is 0. The number of hydrogen-bond donors (Lipinski definition) is 2. The molecule has 22 heavy (non-hydrogen) atoms. The number of rotatable bonds is 6. The minimum absolute atomic E-state index is 0.0672. The van der Waals surface area contributed by atoms with Crippen LogP contribution >= 0.6 is 11.8 Å². The van der Waals surface area contributed by atoms with Crippen molar-refractivity contribution in [2.45, 2.75) is 25.0 Å². The van der Waals surface area contributed by atoms with Gasteiger partial charge in [-0.2, -0.15) is 0 Å². The maximum Gasteiger partial charge on any atom is 0.239 e. The lowest BCUT2D eigenvalue weighted by molar-refractivity contribution is -0.132. The van der Waals surface area contributed by atoms with Crippen molar-refractivity contribution in [3.63, 3.8) is 0 Å². The Hall–Kier alpha value is -2.02. The van der Waals surface area contributed by atoms with Crippen LogP contribution in [0.5, 0.6) is 0 Å². The van der Waals surface area contributed by atoms with Gasteiger partial charge in [0.2, 0.25) is 11.8 Å². The number of carbonyl (C=O) groups is 2. The van der Waals surface area contributed by atoms with Gasteiger partial charge in [-0.05, 0) is 26.0 Å². The van der Waals surface area contributed by atoms with Crippen molar-refractivity contribution in [2.24, 2.45) is 0 Å². The molecule has 1 aromatic carbocycles. The van der Waals surface area contributed by atoms with Crippen molar-refractivity contribution >= 4 is 34.6 Å². The molecule has 0 radical (unpaired) electrons. The summed E-state index contributed by atoms with van der Waals surface area (Å²) >= 11 is 1.33. The number of fused-ring (bicyclic) bond motifs is 1. The summed E-state index contributed by atoms with van der Waals surface area (Å²) in [4.78, 5) is 32.7. The van der Waals surface area contributed by atoms with E-state index in [0.717, 1.165) is 11.0 Å². The van der Waals surface area contributed by atoms with Gasteiger partial charge in [-0.15, -0.1) is 0 Å². The number of benzene rings is 1. The van der Waals surface area contributed by atoms with Crippen LogP contribution in [-0.4, -0.2) is 52.1 Å². The number of hydrogen-bond acceptors (Lipinski definition) is 4. The molecule has 0 spiro atoms. The molecule has 0 fully saturated rings. The first-order valence-corrected chi connectivity index (χ1v) is 8.05. The van der Waals surface area contributed by atoms with E-state index < -0.39 is 0 Å². The number of nitrogens with one attached hydrogen (secondary N) is 2. The van der Waals surface area contributed by atoms with Crippen LogP contribution in [0, 0.1) is 0 Å². The van der Waals surface area contributed by atoms with Crippen molar-refractivity contribution in [1.82, 2.24) is 20.2 Å². The summed E-state index contributed by atoms with van der Waals surface area (Å²) < 4.78 is 0. The highest BCUT2D eigenvalue weighted by Gasteiger charge is 2.14. The average Bonchev–Trinajstić information content (AvgIpc) is 2.86. The van der Waals surface area contributed by atoms with Crippen LogP contribution in [-0.2, 0) is 9.59 Å². The molecule has 2 aromatic rings. The Morgan fingerprint density at radius 1 is 1.36 bits per heavy atom. The lowest BCUT2D eigenvalue weighted by atomic mass is 10.3. The predicted octanol–water partition coefficient (Wildman–Crippen LogP) is 1.64. The van der Waals surface area contributed by atoms with Crippen LogP contribution in [0.4, 0.5) is 0 Å². The predicted molar refractivity (Wildman–Crippen MR) is 87.7 cm³/mol. The number of imidazole rings is 1. The molecule has 2 N–H and O–H groups in total. The lowest BCUT2D eigenvalue weighted by Crippen LogP contribution is -2.41. The molecule has 0 bridgehead atoms. The fraction of sp³-hybridized carbons (Fsp3) is 0.400. The molecule has 0 saturated carbocycles. The normalized spacial score (nSPS) is 10.9. The second-order valence-corrected chi connectivity index (χ2v) is 6.28. The number of H-pyrrole nitrogens is 1. The number of amides is 2. The van der Waals surface area contributed by atoms with E-state index >= 15 is 0 Å². The second-order valence-electron chi connectivity index (χ2n) is 5.32. The molecule has 2 amide bonds. The Bertz CT molecular complexity index is 635. The highest BCUT2D eigenvalue weighted by atomic mass is 32.2. The molecule has 1 heterocycles. The summed E-state index contributed by atoms with van der Waals surface area (Å²) in [5, 5.41) is 3.47. The van der Waals surface area contributed by atoms with Crippen LogP contribution in [0.25, 0.3) is 11.0 Å². The lowest BCUT2D eigenvalue weighted by Gasteiger charge is -2.17. The molecule has 6 nitrogen and oxygen atoms in total. The van der Waals surface area contributed by atoms with Gasteiger partial charge in [0, 0.05) is 13.1 Å². The van der Waals surface area contributed by atoms with Crippen molar-refractivity contribution in [2.75, 3.05) is 19.3 Å². The first-order valence-electron chi connectivity index (χ1n) is 7.06. The maximum absolute atomic E-state index is 12.0. The zero-order chi connectivity index (χ0) is 16.1. The number of thioether (sulfide) groups is 1. The van der Waals surface area contributed by atoms with Crippen molar-refractivity contribution < 1.29 is 9.59 Å². The van der Waals surface area contributed by atoms with E-state index in [-0.39, 0.29) is 30.2 Å². The van der Waals surface area contributed by atoms with Crippen LogP contribution in [0.2, 0.25) is 0 Å². The van der Waals surface area contributed by atoms with Crippen LogP contribution in [0.15, 0.2) is 29.4 Å². The Kier molecular flexibility index (Phi) is 5.43. The number of aromatic nitrogens is 2. The van der Waals surface area contributed by atoms with Gasteiger partial charge in [0.15, 0.2) is 5.16 Å². The highest BCUT2D eigenvalue weighted by molar-refractivity contribution is 7.99. The van der Waals surface area contributed by atoms with Crippen LogP contribution in [0.3, 0.4) is 0 Å². The highest BCUT2D eigenvalue weighted by Crippen LogP contribution is 2.19. The standard InChI is InChI=1S/C15H20N4O2S/c1-10(2)16-13(20)8-19(3)14(21)9-22-15-17-11-6-4-5-7-12(11)18-15/h4-7,10H,8-9H2,1-3H3,(H,16,20)(H,17,18). The Morgan fingerprint density at radius 2 is 2.09 bits per heavy atom. The maximum atomic E-state index is 12.0. The number of likely N-dealkylation sites (N-methyl/N-ethyl adjacent to an activating group) is 1. The van der Waals surface area contributed by atoms with Gasteiger partial charge in [0.1, 0.15) is 0 Å². The third kappa shape index (κ3) is 4.49. The summed E-state index contributed by atoms with van der Waals surface area (Å²) in [6.45, 7) is 3.84. The van der Waals surface area contributed by atoms with Gasteiger partial charge < -0.3 is 15.2 Å². The minimum Gasteiger partial charge on any atom is -0.352 e. The van der Waals surface area contributed by atoms with E-state index in [1.165, 1.54) is 16.7 Å². The molecular formula is C15H20N4O2S. The molecule has 1 aromatic heterocycles. The van der Waals surface area contributed by atoms with Gasteiger partial charge in [-0.25, -0.2) is 4.98 Å². The van der Waals surface area contributed by atoms with E-state index in [0.29, 0.717) is 5.16 Å². The fourth-order valence-electron chi connectivity index (χ4n) is 1.91. The van der Waals surface area contributed by atoms with Gasteiger partial charge in [0.05, 0.1) is 23.3 Å². The molecule has 7 heteroatoms. The SMILES string of the molecule is CC(C)NC(=O)CN(C)C(=O)CSc1nc2ccccc2[nH]1. The van der Waals surface area contributed by atoms with E-state index in [4.69, 9.17) is 0 Å². The first-order chi connectivity index (χ1) is 10.5. The largest absolute Gasteiger partial charge is 0.352 e. The quantitative estimate of drug-likeness (QED) is 0.793. The Morgan fingerprint density at radius 3 is 2.77 bits per heavy atom. The van der Waals surface area contributed by atoms with E-state index in [1.54, 1.807) is 7.05 Å². The fourth-order valence-corrected chi connectivity index (χ4v) is 2.73. The monoisotopic (exact) mass is 320 g/mol. The molecule has 2 rings (SSSR count). The molecule has 118 valence electrons. The molecule has 0 unspecified atom stereocenters. The third-order valence-corrected chi connectivity index (χ3v) is 3.81. The van der Waals surface area contributed by atoms with Gasteiger partial charge in [0.25, 0.3) is 0 Å². The zero-order valence-corrected chi connectivity index (χ0v) is 13.7. The third-order valence-electron chi connectivity index (χ3n) is 2.96. The van der Waals surface area contributed by atoms with Gasteiger partial charge >= 0.3 is 0 Å². The summed E-state index contributed by atoms with van der Waals surface area (Å²) in [5.41, 5.74) is 1.82. The Balaban J connectivity index is 1.85. The van der Waals surface area contributed by atoms with Crippen molar-refractivity contribution in [1.29, 1.82) is 0 Å². The Labute approximate surface area is 133 Å². The number of carbonyl (C=O) groups excluding carboxylic acids is 2. The first kappa shape index (κ1) is 16.4.